The highest BCUT2D eigenvalue weighted by Crippen LogP contribution is 2.30. The van der Waals surface area contributed by atoms with Crippen LogP contribution in [0.15, 0.2) is 66.3 Å². The maximum absolute atomic E-state index is 12.9. The summed E-state index contributed by atoms with van der Waals surface area (Å²) in [6.07, 6.45) is 7.23. The average molecular weight is 493 g/mol. The Morgan fingerprint density at radius 2 is 1.89 bits per heavy atom. The van der Waals surface area contributed by atoms with E-state index in [1.807, 2.05) is 25.1 Å². The molecule has 0 aromatic heterocycles. The van der Waals surface area contributed by atoms with Crippen LogP contribution in [-0.2, 0) is 9.59 Å². The highest BCUT2D eigenvalue weighted by Gasteiger charge is 2.20. The second-order valence-corrected chi connectivity index (χ2v) is 8.43. The molecule has 0 radical (unpaired) electrons. The first-order valence-corrected chi connectivity index (χ1v) is 11.4. The zero-order chi connectivity index (χ0) is 26.7. The third kappa shape index (κ3) is 8.43. The number of amides is 2. The van der Waals surface area contributed by atoms with E-state index in [0.29, 0.717) is 29.3 Å². The van der Waals surface area contributed by atoms with Gasteiger partial charge in [0.15, 0.2) is 6.61 Å². The molecule has 0 heterocycles. The molecule has 0 bridgehead atoms. The van der Waals surface area contributed by atoms with E-state index in [9.17, 15) is 14.4 Å². The molecule has 36 heavy (non-hydrogen) atoms. The predicted molar refractivity (Wildman–Crippen MR) is 140 cm³/mol. The summed E-state index contributed by atoms with van der Waals surface area (Å²) in [6.45, 7) is 5.58. The number of carbonyl (C=O) groups excluding carboxylic acids is 2. The number of aliphatic carboxylic acids is 1. The molecule has 6 N–H and O–H groups in total. The fourth-order valence-corrected chi connectivity index (χ4v) is 3.44. The van der Waals surface area contributed by atoms with Gasteiger partial charge in [-0.15, -0.1) is 0 Å². The van der Waals surface area contributed by atoms with E-state index in [4.69, 9.17) is 15.3 Å². The van der Waals surface area contributed by atoms with Crippen LogP contribution in [0.5, 0.6) is 5.75 Å². The normalized spacial score (nSPS) is 14.1. The minimum absolute atomic E-state index is 0.230. The number of anilines is 2. The smallest absolute Gasteiger partial charge is 0.341 e. The Morgan fingerprint density at radius 3 is 2.47 bits per heavy atom. The number of benzene rings is 2. The Bertz CT molecular complexity index is 1170. The van der Waals surface area contributed by atoms with Gasteiger partial charge in [0.25, 0.3) is 5.91 Å². The number of allylic oxidation sites excluding steroid dienone is 3. The zero-order valence-electron chi connectivity index (χ0n) is 20.6. The molecule has 2 aromatic rings. The van der Waals surface area contributed by atoms with Crippen LogP contribution in [0.1, 0.15) is 36.2 Å². The molecule has 1 aliphatic carbocycles. The predicted octanol–water partition coefficient (Wildman–Crippen LogP) is 4.36. The van der Waals surface area contributed by atoms with Crippen LogP contribution >= 0.6 is 0 Å². The van der Waals surface area contributed by atoms with E-state index in [1.165, 1.54) is 11.6 Å². The first-order valence-electron chi connectivity index (χ1n) is 11.4. The lowest BCUT2D eigenvalue weighted by atomic mass is 9.91. The van der Waals surface area contributed by atoms with Crippen molar-refractivity contribution in [3.05, 3.63) is 77.4 Å². The van der Waals surface area contributed by atoms with Crippen molar-refractivity contribution in [3.8, 4) is 5.75 Å². The fraction of sp³-hybridized carbons (Fsp3) is 0.259. The Kier molecular flexibility index (Phi) is 10.4. The van der Waals surface area contributed by atoms with Gasteiger partial charge in [0, 0.05) is 11.6 Å². The minimum Gasteiger partial charge on any atom is -0.482 e. The molecule has 0 spiro atoms. The molecule has 3 rings (SSSR count). The van der Waals surface area contributed by atoms with Gasteiger partial charge in [-0.05, 0) is 49.1 Å². The SMILES string of the molecule is Cc1cccc(C(=O)Nc2ccc(OCC(=O)O)cc2NC(=O)C2C=CC(C(C)C)=CC2)c1.N=CN. The summed E-state index contributed by atoms with van der Waals surface area (Å²) >= 11 is 0. The first-order chi connectivity index (χ1) is 17.1. The maximum Gasteiger partial charge on any atom is 0.341 e. The Balaban J connectivity index is 0.00000145. The van der Waals surface area contributed by atoms with Gasteiger partial charge in [0.2, 0.25) is 5.91 Å². The highest BCUT2D eigenvalue weighted by molar-refractivity contribution is 6.07. The summed E-state index contributed by atoms with van der Waals surface area (Å²) in [5.74, 6) is -1.37. The van der Waals surface area contributed by atoms with Crippen LogP contribution < -0.4 is 21.1 Å². The number of carboxylic acids is 1. The molecule has 2 aromatic carbocycles. The van der Waals surface area contributed by atoms with Gasteiger partial charge in [0.05, 0.1) is 23.6 Å². The summed E-state index contributed by atoms with van der Waals surface area (Å²) in [5.41, 5.74) is 7.73. The summed E-state index contributed by atoms with van der Waals surface area (Å²) in [4.78, 5) is 36.5. The summed E-state index contributed by atoms with van der Waals surface area (Å²) < 4.78 is 5.25. The lowest BCUT2D eigenvalue weighted by Crippen LogP contribution is -2.23. The standard InChI is InChI=1S/C26H28N2O5.CH4N2/c1-16(2)18-7-9-19(10-8-18)25(31)28-23-14-21(33-15-24(29)30)11-12-22(23)27-26(32)20-6-4-5-17(3)13-20;2-1-3/h4-9,11-14,16,19H,10,15H2,1-3H3,(H,27,32)(H,28,31)(H,29,30);1H,(H3,2,3). The van der Waals surface area contributed by atoms with E-state index >= 15 is 0 Å². The van der Waals surface area contributed by atoms with Crippen molar-refractivity contribution < 1.29 is 24.2 Å². The second-order valence-electron chi connectivity index (χ2n) is 8.43. The van der Waals surface area contributed by atoms with E-state index in [0.717, 1.165) is 11.9 Å². The molecule has 0 aliphatic heterocycles. The monoisotopic (exact) mass is 492 g/mol. The summed E-state index contributed by atoms with van der Waals surface area (Å²) in [6, 6.07) is 11.8. The van der Waals surface area contributed by atoms with Crippen LogP contribution in [0.2, 0.25) is 0 Å². The molecule has 0 fully saturated rings. The number of rotatable bonds is 8. The molecule has 9 heteroatoms. The number of nitrogens with one attached hydrogen (secondary N) is 3. The van der Waals surface area contributed by atoms with Crippen LogP contribution in [0.25, 0.3) is 0 Å². The van der Waals surface area contributed by atoms with Gasteiger partial charge in [-0.1, -0.05) is 49.8 Å². The van der Waals surface area contributed by atoms with E-state index in [-0.39, 0.29) is 23.5 Å². The van der Waals surface area contributed by atoms with E-state index in [1.54, 1.807) is 30.3 Å². The maximum atomic E-state index is 12.9. The lowest BCUT2D eigenvalue weighted by Gasteiger charge is -2.19. The third-order valence-corrected chi connectivity index (χ3v) is 5.27. The quantitative estimate of drug-likeness (QED) is 0.272. The third-order valence-electron chi connectivity index (χ3n) is 5.27. The fourth-order valence-electron chi connectivity index (χ4n) is 3.44. The van der Waals surface area contributed by atoms with Crippen LogP contribution in [0, 0.1) is 24.2 Å². The van der Waals surface area contributed by atoms with Crippen LogP contribution in [0.4, 0.5) is 11.4 Å². The van der Waals surface area contributed by atoms with E-state index in [2.05, 4.69) is 36.3 Å². The molecular formula is C27H32N4O5. The number of hydrogen-bond donors (Lipinski definition) is 5. The van der Waals surface area contributed by atoms with Crippen molar-refractivity contribution >= 4 is 35.5 Å². The van der Waals surface area contributed by atoms with Gasteiger partial charge in [-0.3, -0.25) is 15.0 Å². The van der Waals surface area contributed by atoms with Gasteiger partial charge in [-0.25, -0.2) is 4.79 Å². The van der Waals surface area contributed by atoms with Crippen molar-refractivity contribution in [1.82, 2.24) is 0 Å². The molecule has 0 saturated heterocycles. The number of carbonyl (C=O) groups is 3. The molecule has 2 amide bonds. The highest BCUT2D eigenvalue weighted by atomic mass is 16.5. The number of carboxylic acid groups (broad SMARTS) is 1. The molecule has 0 saturated carbocycles. The topological polar surface area (TPSA) is 155 Å². The average Bonchev–Trinajstić information content (AvgIpc) is 2.84. The van der Waals surface area contributed by atoms with Gasteiger partial charge in [-0.2, -0.15) is 0 Å². The Labute approximate surface area is 210 Å². The lowest BCUT2D eigenvalue weighted by molar-refractivity contribution is -0.139. The second kappa shape index (κ2) is 13.5. The molecule has 1 unspecified atom stereocenters. The molecule has 1 atom stereocenters. The Morgan fingerprint density at radius 1 is 1.17 bits per heavy atom. The number of aryl methyl sites for hydroxylation is 1. The minimum atomic E-state index is -1.11. The molecule has 1 aliphatic rings. The van der Waals surface area contributed by atoms with Crippen molar-refractivity contribution in [2.24, 2.45) is 17.6 Å². The molecule has 190 valence electrons. The summed E-state index contributed by atoms with van der Waals surface area (Å²) in [5, 5.41) is 20.4. The summed E-state index contributed by atoms with van der Waals surface area (Å²) in [7, 11) is 0. The van der Waals surface area contributed by atoms with Crippen molar-refractivity contribution in [3.63, 3.8) is 0 Å². The Hall–Kier alpha value is -4.40. The largest absolute Gasteiger partial charge is 0.482 e. The van der Waals surface area contributed by atoms with Gasteiger partial charge >= 0.3 is 5.97 Å². The number of ether oxygens (including phenoxy) is 1. The van der Waals surface area contributed by atoms with Crippen molar-refractivity contribution in [2.75, 3.05) is 17.2 Å². The van der Waals surface area contributed by atoms with E-state index < -0.39 is 12.6 Å². The molecule has 9 nitrogen and oxygen atoms in total. The number of nitrogens with two attached hydrogens (primary N) is 1. The molecular weight excluding hydrogens is 460 g/mol. The first kappa shape index (κ1) is 27.8. The van der Waals surface area contributed by atoms with Gasteiger partial charge < -0.3 is 26.2 Å². The van der Waals surface area contributed by atoms with Crippen molar-refractivity contribution in [1.29, 1.82) is 5.41 Å². The number of hydrogen-bond acceptors (Lipinski definition) is 5. The van der Waals surface area contributed by atoms with Crippen LogP contribution in [-0.4, -0.2) is 35.8 Å². The zero-order valence-corrected chi connectivity index (χ0v) is 20.6. The van der Waals surface area contributed by atoms with Crippen molar-refractivity contribution in [2.45, 2.75) is 27.2 Å². The van der Waals surface area contributed by atoms with Crippen LogP contribution in [0.3, 0.4) is 0 Å². The van der Waals surface area contributed by atoms with Gasteiger partial charge in [0.1, 0.15) is 5.75 Å².